The van der Waals surface area contributed by atoms with Crippen molar-refractivity contribution >= 4 is 0 Å². The van der Waals surface area contributed by atoms with Gasteiger partial charge in [-0.05, 0) is 57.8 Å². The quantitative estimate of drug-likeness (QED) is 0.851. The van der Waals surface area contributed by atoms with Crippen LogP contribution in [0.5, 0.6) is 0 Å². The number of hydrogen-bond donors (Lipinski definition) is 1. The van der Waals surface area contributed by atoms with E-state index in [4.69, 9.17) is 4.52 Å². The Bertz CT molecular complexity index is 369. The highest BCUT2D eigenvalue weighted by Gasteiger charge is 2.20. The number of nitrogens with one attached hydrogen (secondary N) is 1. The minimum absolute atomic E-state index is 0.725. The van der Waals surface area contributed by atoms with Gasteiger partial charge in [0.2, 0.25) is 5.89 Å². The number of aryl methyl sites for hydroxylation is 1. The molecule has 2 rings (SSSR count). The van der Waals surface area contributed by atoms with Crippen LogP contribution >= 0.6 is 0 Å². The second kappa shape index (κ2) is 7.01. The molecule has 108 valence electrons. The fraction of sp³-hybridized carbons (Fsp3) is 0.857. The van der Waals surface area contributed by atoms with Gasteiger partial charge in [0.05, 0.1) is 6.54 Å². The van der Waals surface area contributed by atoms with Crippen LogP contribution in [0, 0.1) is 18.8 Å². The van der Waals surface area contributed by atoms with Crippen molar-refractivity contribution in [3.63, 3.8) is 0 Å². The molecule has 1 fully saturated rings. The first kappa shape index (κ1) is 14.5. The summed E-state index contributed by atoms with van der Waals surface area (Å²) >= 11 is 0. The van der Waals surface area contributed by atoms with E-state index >= 15 is 0 Å². The molecular formula is C14H26N4O. The van der Waals surface area contributed by atoms with Crippen molar-refractivity contribution in [3.8, 4) is 0 Å². The van der Waals surface area contributed by atoms with Crippen LogP contribution in [0.1, 0.15) is 38.4 Å². The van der Waals surface area contributed by atoms with Gasteiger partial charge in [-0.2, -0.15) is 4.98 Å². The molecule has 0 atom stereocenters. The Morgan fingerprint density at radius 2 is 2.11 bits per heavy atom. The number of aromatic nitrogens is 2. The lowest BCUT2D eigenvalue weighted by Crippen LogP contribution is -2.37. The zero-order valence-corrected chi connectivity index (χ0v) is 12.4. The molecule has 0 saturated carbocycles. The van der Waals surface area contributed by atoms with E-state index in [9.17, 15) is 0 Å². The average Bonchev–Trinajstić information content (AvgIpc) is 2.77. The van der Waals surface area contributed by atoms with E-state index in [1.54, 1.807) is 0 Å². The Morgan fingerprint density at radius 3 is 2.68 bits per heavy atom. The minimum Gasteiger partial charge on any atom is -0.338 e. The van der Waals surface area contributed by atoms with Crippen LogP contribution in [-0.2, 0) is 6.54 Å². The van der Waals surface area contributed by atoms with Gasteiger partial charge in [-0.15, -0.1) is 0 Å². The summed E-state index contributed by atoms with van der Waals surface area (Å²) in [6.45, 7) is 11.7. The monoisotopic (exact) mass is 266 g/mol. The summed E-state index contributed by atoms with van der Waals surface area (Å²) in [6.07, 6.45) is 2.52. The Morgan fingerprint density at radius 1 is 1.37 bits per heavy atom. The van der Waals surface area contributed by atoms with E-state index in [2.05, 4.69) is 34.2 Å². The molecule has 1 N–H and O–H groups in total. The number of hydrogen-bond acceptors (Lipinski definition) is 5. The van der Waals surface area contributed by atoms with Gasteiger partial charge < -0.3 is 9.84 Å². The van der Waals surface area contributed by atoms with Crippen LogP contribution < -0.4 is 5.32 Å². The number of piperidine rings is 1. The third kappa shape index (κ3) is 4.91. The summed E-state index contributed by atoms with van der Waals surface area (Å²) in [4.78, 5) is 6.67. The van der Waals surface area contributed by atoms with Crippen molar-refractivity contribution in [2.75, 3.05) is 26.2 Å². The molecule has 5 nitrogen and oxygen atoms in total. The molecule has 19 heavy (non-hydrogen) atoms. The molecule has 1 saturated heterocycles. The standard InChI is InChI=1S/C14H26N4O/c1-11(2)8-15-9-13-4-6-18(7-5-13)10-14-16-12(3)17-19-14/h11,13,15H,4-10H2,1-3H3. The maximum Gasteiger partial charge on any atom is 0.240 e. The van der Waals surface area contributed by atoms with Crippen LogP contribution in [0.4, 0.5) is 0 Å². The zero-order chi connectivity index (χ0) is 13.7. The molecule has 1 aliphatic rings. The second-order valence-electron chi connectivity index (χ2n) is 6.01. The molecule has 0 aromatic carbocycles. The third-order valence-electron chi connectivity index (χ3n) is 3.62. The van der Waals surface area contributed by atoms with Crippen molar-refractivity contribution < 1.29 is 4.52 Å². The minimum atomic E-state index is 0.725. The van der Waals surface area contributed by atoms with Gasteiger partial charge in [0.15, 0.2) is 5.82 Å². The van der Waals surface area contributed by atoms with Gasteiger partial charge >= 0.3 is 0 Å². The molecular weight excluding hydrogens is 240 g/mol. The van der Waals surface area contributed by atoms with E-state index in [-0.39, 0.29) is 0 Å². The molecule has 1 aromatic rings. The first-order valence-electron chi connectivity index (χ1n) is 7.35. The summed E-state index contributed by atoms with van der Waals surface area (Å²) in [5, 5.41) is 7.39. The first-order chi connectivity index (χ1) is 9.13. The Balaban J connectivity index is 1.65. The highest BCUT2D eigenvalue weighted by atomic mass is 16.5. The van der Waals surface area contributed by atoms with E-state index in [1.807, 2.05) is 6.92 Å². The molecule has 1 aromatic heterocycles. The van der Waals surface area contributed by atoms with Crippen molar-refractivity contribution in [1.29, 1.82) is 0 Å². The van der Waals surface area contributed by atoms with E-state index in [1.165, 1.54) is 12.8 Å². The predicted molar refractivity (Wildman–Crippen MR) is 74.7 cm³/mol. The largest absolute Gasteiger partial charge is 0.338 e. The molecule has 5 heteroatoms. The predicted octanol–water partition coefficient (Wildman–Crippen LogP) is 1.84. The van der Waals surface area contributed by atoms with Gasteiger partial charge in [0.25, 0.3) is 0 Å². The summed E-state index contributed by atoms with van der Waals surface area (Å²) in [5.74, 6) is 3.02. The maximum absolute atomic E-state index is 5.17. The van der Waals surface area contributed by atoms with Crippen LogP contribution in [0.25, 0.3) is 0 Å². The van der Waals surface area contributed by atoms with Crippen molar-refractivity contribution in [2.45, 2.75) is 40.2 Å². The molecule has 0 aliphatic carbocycles. The van der Waals surface area contributed by atoms with Crippen LogP contribution in [0.2, 0.25) is 0 Å². The van der Waals surface area contributed by atoms with Gasteiger partial charge in [-0.3, -0.25) is 4.90 Å². The Hall–Kier alpha value is -0.940. The van der Waals surface area contributed by atoms with Crippen molar-refractivity contribution in [1.82, 2.24) is 20.4 Å². The summed E-state index contributed by atoms with van der Waals surface area (Å²) < 4.78 is 5.17. The van der Waals surface area contributed by atoms with Crippen molar-refractivity contribution in [3.05, 3.63) is 11.7 Å². The molecule has 2 heterocycles. The molecule has 0 amide bonds. The summed E-state index contributed by atoms with van der Waals surface area (Å²) in [7, 11) is 0. The van der Waals surface area contributed by atoms with Crippen LogP contribution in [-0.4, -0.2) is 41.2 Å². The Kier molecular flexibility index (Phi) is 5.34. The molecule has 0 spiro atoms. The highest BCUT2D eigenvalue weighted by molar-refractivity contribution is 4.84. The molecule has 0 bridgehead atoms. The second-order valence-corrected chi connectivity index (χ2v) is 6.01. The number of likely N-dealkylation sites (tertiary alicyclic amines) is 1. The van der Waals surface area contributed by atoms with Gasteiger partial charge in [-0.1, -0.05) is 19.0 Å². The molecule has 1 aliphatic heterocycles. The molecule has 0 radical (unpaired) electrons. The first-order valence-corrected chi connectivity index (χ1v) is 7.35. The van der Waals surface area contributed by atoms with E-state index in [0.29, 0.717) is 0 Å². The fourth-order valence-electron chi connectivity index (χ4n) is 2.52. The fourth-order valence-corrected chi connectivity index (χ4v) is 2.52. The lowest BCUT2D eigenvalue weighted by molar-refractivity contribution is 0.157. The highest BCUT2D eigenvalue weighted by Crippen LogP contribution is 2.18. The van der Waals surface area contributed by atoms with Gasteiger partial charge in [0.1, 0.15) is 0 Å². The Labute approximate surface area is 115 Å². The lowest BCUT2D eigenvalue weighted by Gasteiger charge is -2.31. The van der Waals surface area contributed by atoms with Gasteiger partial charge in [0, 0.05) is 0 Å². The summed E-state index contributed by atoms with van der Waals surface area (Å²) in [6, 6.07) is 0. The molecule has 0 unspecified atom stereocenters. The number of nitrogens with zero attached hydrogens (tertiary/aromatic N) is 3. The van der Waals surface area contributed by atoms with E-state index in [0.717, 1.165) is 56.3 Å². The maximum atomic E-state index is 5.17. The average molecular weight is 266 g/mol. The zero-order valence-electron chi connectivity index (χ0n) is 12.4. The van der Waals surface area contributed by atoms with Crippen LogP contribution in [0.15, 0.2) is 4.52 Å². The normalized spacial score (nSPS) is 18.3. The SMILES string of the molecule is Cc1noc(CN2CCC(CNCC(C)C)CC2)n1. The number of rotatable bonds is 6. The lowest BCUT2D eigenvalue weighted by atomic mass is 9.96. The van der Waals surface area contributed by atoms with E-state index < -0.39 is 0 Å². The topological polar surface area (TPSA) is 54.2 Å². The third-order valence-corrected chi connectivity index (χ3v) is 3.62. The summed E-state index contributed by atoms with van der Waals surface area (Å²) in [5.41, 5.74) is 0. The van der Waals surface area contributed by atoms with Crippen LogP contribution in [0.3, 0.4) is 0 Å². The smallest absolute Gasteiger partial charge is 0.240 e. The van der Waals surface area contributed by atoms with Gasteiger partial charge in [-0.25, -0.2) is 0 Å². The van der Waals surface area contributed by atoms with Crippen molar-refractivity contribution in [2.24, 2.45) is 11.8 Å².